The summed E-state index contributed by atoms with van der Waals surface area (Å²) in [6, 6.07) is 0. The van der Waals surface area contributed by atoms with Crippen LogP contribution in [0.3, 0.4) is 0 Å². The molecular weight excluding hydrogens is 150 g/mol. The standard InChI is InChI=1S/C3H7NO2S.C3H8/c4-7(5,6)3-1-2-3;1-3-2/h3H,1-2H2,(H2,4,5,6);3H2,1-2H3. The molecule has 0 aromatic rings. The Bertz CT molecular complexity index is 170. The molecule has 4 heteroatoms. The minimum Gasteiger partial charge on any atom is -0.228 e. The Morgan fingerprint density at radius 2 is 1.70 bits per heavy atom. The zero-order valence-electron chi connectivity index (χ0n) is 6.50. The smallest absolute Gasteiger partial charge is 0.211 e. The van der Waals surface area contributed by atoms with E-state index in [0.717, 1.165) is 12.8 Å². The van der Waals surface area contributed by atoms with Gasteiger partial charge in [0, 0.05) is 0 Å². The Morgan fingerprint density at radius 1 is 1.40 bits per heavy atom. The van der Waals surface area contributed by atoms with E-state index in [2.05, 4.69) is 13.8 Å². The molecule has 0 atom stereocenters. The monoisotopic (exact) mass is 165 g/mol. The quantitative estimate of drug-likeness (QED) is 0.626. The van der Waals surface area contributed by atoms with Crippen LogP contribution in [0.25, 0.3) is 0 Å². The van der Waals surface area contributed by atoms with Crippen LogP contribution < -0.4 is 5.14 Å². The average Bonchev–Trinajstić information content (AvgIpc) is 2.40. The van der Waals surface area contributed by atoms with Crippen molar-refractivity contribution in [2.75, 3.05) is 0 Å². The molecule has 0 heterocycles. The summed E-state index contributed by atoms with van der Waals surface area (Å²) in [7, 11) is -3.13. The van der Waals surface area contributed by atoms with Crippen molar-refractivity contribution < 1.29 is 8.42 Å². The highest BCUT2D eigenvalue weighted by Crippen LogP contribution is 2.25. The van der Waals surface area contributed by atoms with Gasteiger partial charge in [0.1, 0.15) is 0 Å². The summed E-state index contributed by atoms with van der Waals surface area (Å²) in [6.45, 7) is 4.25. The van der Waals surface area contributed by atoms with Gasteiger partial charge in [-0.3, -0.25) is 0 Å². The van der Waals surface area contributed by atoms with Gasteiger partial charge in [0.15, 0.2) is 0 Å². The second kappa shape index (κ2) is 3.93. The molecule has 3 nitrogen and oxygen atoms in total. The second-order valence-electron chi connectivity index (χ2n) is 2.50. The lowest BCUT2D eigenvalue weighted by atomic mass is 10.6. The van der Waals surface area contributed by atoms with Crippen LogP contribution in [0.2, 0.25) is 0 Å². The lowest BCUT2D eigenvalue weighted by Gasteiger charge is -1.84. The number of hydrogen-bond acceptors (Lipinski definition) is 2. The van der Waals surface area contributed by atoms with Crippen molar-refractivity contribution in [1.82, 2.24) is 0 Å². The van der Waals surface area contributed by atoms with Gasteiger partial charge in [-0.05, 0) is 12.8 Å². The molecule has 1 fully saturated rings. The first-order valence-corrected chi connectivity index (χ1v) is 5.14. The fourth-order valence-electron chi connectivity index (χ4n) is 0.397. The first-order valence-electron chi connectivity index (χ1n) is 3.54. The van der Waals surface area contributed by atoms with Crippen LogP contribution >= 0.6 is 0 Å². The van der Waals surface area contributed by atoms with Gasteiger partial charge < -0.3 is 0 Å². The number of primary sulfonamides is 1. The van der Waals surface area contributed by atoms with Crippen molar-refractivity contribution in [3.63, 3.8) is 0 Å². The number of sulfonamides is 1. The molecule has 0 bridgehead atoms. The number of nitrogens with two attached hydrogens (primary N) is 1. The summed E-state index contributed by atoms with van der Waals surface area (Å²) in [5.74, 6) is 0. The fraction of sp³-hybridized carbons (Fsp3) is 1.00. The third kappa shape index (κ3) is 4.76. The Kier molecular flexibility index (Phi) is 3.89. The zero-order chi connectivity index (χ0) is 8.20. The lowest BCUT2D eigenvalue weighted by molar-refractivity contribution is 0.596. The molecule has 1 saturated carbocycles. The maximum absolute atomic E-state index is 10.2. The first kappa shape index (κ1) is 9.91. The molecule has 1 rings (SSSR count). The van der Waals surface area contributed by atoms with E-state index in [1.165, 1.54) is 6.42 Å². The van der Waals surface area contributed by atoms with Crippen LogP contribution in [0, 0.1) is 0 Å². The van der Waals surface area contributed by atoms with Crippen molar-refractivity contribution >= 4 is 10.0 Å². The Balaban J connectivity index is 0.000000236. The van der Waals surface area contributed by atoms with Crippen molar-refractivity contribution in [3.8, 4) is 0 Å². The van der Waals surface area contributed by atoms with E-state index in [4.69, 9.17) is 5.14 Å². The summed E-state index contributed by atoms with van der Waals surface area (Å²) in [6.07, 6.45) is 2.78. The number of hydrogen-bond donors (Lipinski definition) is 1. The molecule has 0 radical (unpaired) electrons. The van der Waals surface area contributed by atoms with Gasteiger partial charge in [-0.15, -0.1) is 0 Å². The Hall–Kier alpha value is -0.0900. The molecule has 0 unspecified atom stereocenters. The predicted molar refractivity (Wildman–Crippen MR) is 42.1 cm³/mol. The minimum absolute atomic E-state index is 0.201. The molecule has 1 aliphatic carbocycles. The Labute approximate surface area is 62.7 Å². The van der Waals surface area contributed by atoms with E-state index in [1.54, 1.807) is 0 Å². The van der Waals surface area contributed by atoms with Crippen LogP contribution in [-0.2, 0) is 10.0 Å². The summed E-state index contributed by atoms with van der Waals surface area (Å²) >= 11 is 0. The van der Waals surface area contributed by atoms with E-state index in [1.807, 2.05) is 0 Å². The second-order valence-corrected chi connectivity index (χ2v) is 4.34. The topological polar surface area (TPSA) is 60.2 Å². The largest absolute Gasteiger partial charge is 0.228 e. The van der Waals surface area contributed by atoms with Crippen LogP contribution in [-0.4, -0.2) is 13.7 Å². The van der Waals surface area contributed by atoms with Crippen molar-refractivity contribution in [3.05, 3.63) is 0 Å². The van der Waals surface area contributed by atoms with Crippen molar-refractivity contribution in [1.29, 1.82) is 0 Å². The SMILES string of the molecule is CCC.NS(=O)(=O)C1CC1. The average molecular weight is 165 g/mol. The summed E-state index contributed by atoms with van der Waals surface area (Å²) in [5, 5.41) is 4.51. The van der Waals surface area contributed by atoms with Crippen LogP contribution in [0.5, 0.6) is 0 Å². The van der Waals surface area contributed by atoms with Gasteiger partial charge in [0.25, 0.3) is 0 Å². The van der Waals surface area contributed by atoms with Gasteiger partial charge in [0.2, 0.25) is 10.0 Å². The molecular formula is C6H15NO2S. The van der Waals surface area contributed by atoms with Crippen LogP contribution in [0.1, 0.15) is 33.1 Å². The molecule has 0 aromatic heterocycles. The fourth-order valence-corrected chi connectivity index (χ4v) is 1.19. The highest BCUT2D eigenvalue weighted by molar-refractivity contribution is 7.90. The molecule has 1 aliphatic rings. The van der Waals surface area contributed by atoms with E-state index in [9.17, 15) is 8.42 Å². The molecule has 0 saturated heterocycles. The van der Waals surface area contributed by atoms with Crippen LogP contribution in [0.4, 0.5) is 0 Å². The maximum Gasteiger partial charge on any atom is 0.211 e. The van der Waals surface area contributed by atoms with Gasteiger partial charge >= 0.3 is 0 Å². The van der Waals surface area contributed by atoms with Gasteiger partial charge in [-0.1, -0.05) is 20.3 Å². The van der Waals surface area contributed by atoms with Gasteiger partial charge in [0.05, 0.1) is 5.25 Å². The van der Waals surface area contributed by atoms with E-state index >= 15 is 0 Å². The highest BCUT2D eigenvalue weighted by Gasteiger charge is 2.32. The third-order valence-electron chi connectivity index (χ3n) is 0.989. The van der Waals surface area contributed by atoms with Crippen LogP contribution in [0.15, 0.2) is 0 Å². The van der Waals surface area contributed by atoms with Gasteiger partial charge in [-0.2, -0.15) is 0 Å². The molecule has 10 heavy (non-hydrogen) atoms. The van der Waals surface area contributed by atoms with E-state index < -0.39 is 10.0 Å². The minimum atomic E-state index is -3.13. The first-order chi connectivity index (χ1) is 4.52. The van der Waals surface area contributed by atoms with Crippen molar-refractivity contribution in [2.45, 2.75) is 38.4 Å². The maximum atomic E-state index is 10.2. The lowest BCUT2D eigenvalue weighted by Crippen LogP contribution is -2.16. The molecule has 0 aliphatic heterocycles. The third-order valence-corrected chi connectivity index (χ3v) is 2.39. The molecule has 62 valence electrons. The van der Waals surface area contributed by atoms with E-state index in [-0.39, 0.29) is 5.25 Å². The van der Waals surface area contributed by atoms with E-state index in [0.29, 0.717) is 0 Å². The molecule has 2 N–H and O–H groups in total. The molecule has 0 amide bonds. The zero-order valence-corrected chi connectivity index (χ0v) is 7.32. The Morgan fingerprint density at radius 3 is 1.70 bits per heavy atom. The predicted octanol–water partition coefficient (Wildman–Crippen LogP) is 0.854. The highest BCUT2D eigenvalue weighted by atomic mass is 32.2. The van der Waals surface area contributed by atoms with Crippen molar-refractivity contribution in [2.24, 2.45) is 5.14 Å². The summed E-state index contributed by atoms with van der Waals surface area (Å²) in [5.41, 5.74) is 0. The summed E-state index contributed by atoms with van der Waals surface area (Å²) in [4.78, 5) is 0. The number of rotatable bonds is 1. The molecule has 0 spiro atoms. The normalized spacial score (nSPS) is 17.5. The van der Waals surface area contributed by atoms with Gasteiger partial charge in [-0.25, -0.2) is 13.6 Å². The molecule has 0 aromatic carbocycles. The summed E-state index contributed by atoms with van der Waals surface area (Å²) < 4.78 is 20.3.